The molecule has 0 aromatic carbocycles. The minimum Gasteiger partial charge on any atom is -0.357 e. The number of nitrogens with zero attached hydrogens (tertiary/aromatic N) is 3. The lowest BCUT2D eigenvalue weighted by Gasteiger charge is -2.24. The van der Waals surface area contributed by atoms with Crippen molar-refractivity contribution >= 4 is 41.3 Å². The number of hydrogen-bond acceptors (Lipinski definition) is 3. The van der Waals surface area contributed by atoms with Crippen LogP contribution < -0.4 is 10.6 Å². The van der Waals surface area contributed by atoms with E-state index >= 15 is 0 Å². The van der Waals surface area contributed by atoms with Crippen LogP contribution >= 0.6 is 35.3 Å². The Morgan fingerprint density at radius 1 is 1.48 bits per heavy atom. The maximum atomic E-state index is 4.76. The largest absolute Gasteiger partial charge is 0.357 e. The van der Waals surface area contributed by atoms with Gasteiger partial charge >= 0.3 is 0 Å². The van der Waals surface area contributed by atoms with Crippen molar-refractivity contribution in [1.82, 2.24) is 20.4 Å². The molecule has 0 aliphatic heterocycles. The monoisotopic (exact) mass is 473 g/mol. The van der Waals surface area contributed by atoms with Gasteiger partial charge in [0.1, 0.15) is 0 Å². The zero-order valence-electron chi connectivity index (χ0n) is 15.2. The topological polar surface area (TPSA) is 54.2 Å². The van der Waals surface area contributed by atoms with Crippen molar-refractivity contribution in [2.24, 2.45) is 4.99 Å². The van der Waals surface area contributed by atoms with Crippen LogP contribution in [0, 0.1) is 0 Å². The molecule has 5 nitrogen and oxygen atoms in total. The molecule has 2 N–H and O–H groups in total. The van der Waals surface area contributed by atoms with Gasteiger partial charge in [0.15, 0.2) is 5.96 Å². The van der Waals surface area contributed by atoms with E-state index in [9.17, 15) is 0 Å². The van der Waals surface area contributed by atoms with Crippen molar-refractivity contribution in [1.29, 1.82) is 0 Å². The molecule has 2 aromatic rings. The maximum absolute atomic E-state index is 4.76. The van der Waals surface area contributed by atoms with E-state index in [1.165, 1.54) is 16.1 Å². The molecule has 138 valence electrons. The van der Waals surface area contributed by atoms with Gasteiger partial charge < -0.3 is 10.6 Å². The molecule has 0 amide bonds. The second kappa shape index (κ2) is 9.56. The van der Waals surface area contributed by atoms with Crippen LogP contribution in [0.2, 0.25) is 0 Å². The summed E-state index contributed by atoms with van der Waals surface area (Å²) in [5.41, 5.74) is 2.64. The smallest absolute Gasteiger partial charge is 0.191 e. The number of nitrogens with one attached hydrogen (secondary N) is 2. The summed E-state index contributed by atoms with van der Waals surface area (Å²) in [5, 5.41) is 13.8. The van der Waals surface area contributed by atoms with E-state index in [1.54, 1.807) is 11.3 Å². The fraction of sp³-hybridized carbons (Fsp3) is 0.556. The van der Waals surface area contributed by atoms with Crippen LogP contribution in [0.25, 0.3) is 0 Å². The molecule has 0 bridgehead atoms. The summed E-state index contributed by atoms with van der Waals surface area (Å²) in [6.07, 6.45) is 5.40. The molecule has 0 radical (unpaired) electrons. The van der Waals surface area contributed by atoms with E-state index < -0.39 is 0 Å². The minimum atomic E-state index is 0. The summed E-state index contributed by atoms with van der Waals surface area (Å²) in [7, 11) is 0. The highest BCUT2D eigenvalue weighted by Gasteiger charge is 2.22. The number of rotatable bonds is 5. The van der Waals surface area contributed by atoms with E-state index in [0.717, 1.165) is 38.3 Å². The molecular weight excluding hydrogens is 445 g/mol. The number of aliphatic imine (C=N–C) groups is 1. The van der Waals surface area contributed by atoms with E-state index in [-0.39, 0.29) is 24.0 Å². The highest BCUT2D eigenvalue weighted by atomic mass is 127. The Labute approximate surface area is 171 Å². The molecule has 0 saturated carbocycles. The van der Waals surface area contributed by atoms with Gasteiger partial charge in [-0.15, -0.1) is 35.3 Å². The van der Waals surface area contributed by atoms with Gasteiger partial charge in [0, 0.05) is 36.1 Å². The molecule has 0 fully saturated rings. The van der Waals surface area contributed by atoms with Crippen LogP contribution in [-0.4, -0.2) is 28.3 Å². The summed E-state index contributed by atoms with van der Waals surface area (Å²) < 4.78 is 2.09. The fourth-order valence-corrected chi connectivity index (χ4v) is 3.60. The number of fused-ring (bicyclic) bond motifs is 1. The second-order valence-electron chi connectivity index (χ2n) is 6.53. The summed E-state index contributed by atoms with van der Waals surface area (Å²) in [4.78, 5) is 6.00. The van der Waals surface area contributed by atoms with Gasteiger partial charge in [-0.1, -0.05) is 6.07 Å². The summed E-state index contributed by atoms with van der Waals surface area (Å²) in [5.74, 6) is 0.905. The Morgan fingerprint density at radius 3 is 3.00 bits per heavy atom. The van der Waals surface area contributed by atoms with Gasteiger partial charge in [0.2, 0.25) is 0 Å². The maximum Gasteiger partial charge on any atom is 0.191 e. The van der Waals surface area contributed by atoms with Crippen molar-refractivity contribution in [2.45, 2.75) is 58.7 Å². The molecule has 3 rings (SSSR count). The lowest BCUT2D eigenvalue weighted by Crippen LogP contribution is -2.45. The standard InChI is InChI=1S/C18H27N5S.HI/c1-4-19-18(20-11-16-6-5-9-24-16)21-15-8-7-14-12-23(13(2)3)22-17(14)10-15;/h5-6,9,12-13,15H,4,7-8,10-11H2,1-3H3,(H2,19,20,21);1H. The minimum absolute atomic E-state index is 0. The fourth-order valence-electron chi connectivity index (χ4n) is 2.97. The van der Waals surface area contributed by atoms with E-state index in [2.05, 4.69) is 59.8 Å². The number of thiophene rings is 1. The van der Waals surface area contributed by atoms with Crippen LogP contribution in [-0.2, 0) is 19.4 Å². The van der Waals surface area contributed by atoms with Crippen molar-refractivity contribution in [3.8, 4) is 0 Å². The number of aryl methyl sites for hydroxylation is 1. The third kappa shape index (κ3) is 5.44. The van der Waals surface area contributed by atoms with Gasteiger partial charge in [-0.3, -0.25) is 4.68 Å². The summed E-state index contributed by atoms with van der Waals surface area (Å²) in [6, 6.07) is 5.02. The SMILES string of the molecule is CCNC(=NCc1cccs1)NC1CCc2cn(C(C)C)nc2C1.I. The van der Waals surface area contributed by atoms with Crippen LogP contribution in [0.4, 0.5) is 0 Å². The number of aromatic nitrogens is 2. The van der Waals surface area contributed by atoms with Gasteiger partial charge in [-0.2, -0.15) is 5.10 Å². The Balaban J connectivity index is 0.00000225. The Hall–Kier alpha value is -1.09. The molecule has 0 saturated heterocycles. The van der Waals surface area contributed by atoms with Gasteiger partial charge in [-0.05, 0) is 50.6 Å². The third-order valence-electron chi connectivity index (χ3n) is 4.28. The Bertz CT molecular complexity index is 678. The molecule has 25 heavy (non-hydrogen) atoms. The molecule has 1 atom stereocenters. The molecular formula is C18H28IN5S. The zero-order valence-corrected chi connectivity index (χ0v) is 18.3. The summed E-state index contributed by atoms with van der Waals surface area (Å²) in [6.45, 7) is 8.05. The normalized spacial score (nSPS) is 17.1. The average molecular weight is 473 g/mol. The first kappa shape index (κ1) is 20.2. The average Bonchev–Trinajstić information content (AvgIpc) is 3.21. The third-order valence-corrected chi connectivity index (χ3v) is 5.15. The van der Waals surface area contributed by atoms with Crippen molar-refractivity contribution < 1.29 is 0 Å². The molecule has 1 aliphatic rings. The first-order valence-electron chi connectivity index (χ1n) is 8.79. The zero-order chi connectivity index (χ0) is 16.9. The van der Waals surface area contributed by atoms with Gasteiger partial charge in [0.05, 0.1) is 12.2 Å². The predicted octanol–water partition coefficient (Wildman–Crippen LogP) is 3.76. The highest BCUT2D eigenvalue weighted by molar-refractivity contribution is 14.0. The molecule has 2 aromatic heterocycles. The van der Waals surface area contributed by atoms with E-state index in [0.29, 0.717) is 12.1 Å². The Kier molecular flexibility index (Phi) is 7.74. The molecule has 1 unspecified atom stereocenters. The van der Waals surface area contributed by atoms with Gasteiger partial charge in [0.25, 0.3) is 0 Å². The first-order valence-corrected chi connectivity index (χ1v) is 9.67. The molecule has 0 spiro atoms. The number of hydrogen-bond donors (Lipinski definition) is 2. The Morgan fingerprint density at radius 2 is 2.32 bits per heavy atom. The van der Waals surface area contributed by atoms with Crippen molar-refractivity contribution in [3.63, 3.8) is 0 Å². The molecule has 1 aliphatic carbocycles. The number of guanidine groups is 1. The predicted molar refractivity (Wildman–Crippen MR) is 116 cm³/mol. The van der Waals surface area contributed by atoms with Crippen LogP contribution in [0.1, 0.15) is 49.4 Å². The first-order chi connectivity index (χ1) is 11.7. The van der Waals surface area contributed by atoms with Crippen LogP contribution in [0.3, 0.4) is 0 Å². The lowest BCUT2D eigenvalue weighted by atomic mass is 9.94. The second-order valence-corrected chi connectivity index (χ2v) is 7.57. The number of halogens is 1. The quantitative estimate of drug-likeness (QED) is 0.395. The van der Waals surface area contributed by atoms with E-state index in [4.69, 9.17) is 10.1 Å². The van der Waals surface area contributed by atoms with Crippen molar-refractivity contribution in [3.05, 3.63) is 39.8 Å². The van der Waals surface area contributed by atoms with Crippen LogP contribution in [0.15, 0.2) is 28.7 Å². The molecule has 7 heteroatoms. The van der Waals surface area contributed by atoms with Crippen LogP contribution in [0.5, 0.6) is 0 Å². The highest BCUT2D eigenvalue weighted by Crippen LogP contribution is 2.21. The van der Waals surface area contributed by atoms with Crippen molar-refractivity contribution in [2.75, 3.05) is 6.54 Å². The molecule has 2 heterocycles. The van der Waals surface area contributed by atoms with E-state index in [1.807, 2.05) is 0 Å². The summed E-state index contributed by atoms with van der Waals surface area (Å²) >= 11 is 1.75. The lowest BCUT2D eigenvalue weighted by molar-refractivity contribution is 0.499. The van der Waals surface area contributed by atoms with Gasteiger partial charge in [-0.25, -0.2) is 4.99 Å².